The van der Waals surface area contributed by atoms with E-state index in [4.69, 9.17) is 15.2 Å². The van der Waals surface area contributed by atoms with Crippen molar-refractivity contribution in [2.45, 2.75) is 12.2 Å². The van der Waals surface area contributed by atoms with Crippen LogP contribution in [0.15, 0.2) is 42.5 Å². The molecule has 0 bridgehead atoms. The van der Waals surface area contributed by atoms with Crippen LogP contribution in [0, 0.1) is 23.6 Å². The summed E-state index contributed by atoms with van der Waals surface area (Å²) in [5.74, 6) is -0.421. The third-order valence-corrected chi connectivity index (χ3v) is 3.66. The number of benzene rings is 2. The Kier molecular flexibility index (Phi) is 4.45. The van der Waals surface area contributed by atoms with Gasteiger partial charge in [-0.1, -0.05) is 12.1 Å². The minimum absolute atomic E-state index is 0.217. The van der Waals surface area contributed by atoms with Crippen LogP contribution in [0.3, 0.4) is 0 Å². The minimum atomic E-state index is -0.760. The molecule has 121 valence electrons. The zero-order valence-corrected chi connectivity index (χ0v) is 12.6. The summed E-state index contributed by atoms with van der Waals surface area (Å²) in [5.41, 5.74) is 7.01. The van der Waals surface area contributed by atoms with Crippen molar-refractivity contribution in [2.75, 3.05) is 6.61 Å². The molecule has 1 aliphatic rings. The van der Waals surface area contributed by atoms with Crippen LogP contribution < -0.4 is 10.5 Å². The Balaban J connectivity index is 1.79. The second-order valence-corrected chi connectivity index (χ2v) is 5.33. The Morgan fingerprint density at radius 3 is 2.67 bits per heavy atom. The molecule has 6 heteroatoms. The van der Waals surface area contributed by atoms with E-state index in [-0.39, 0.29) is 12.4 Å². The summed E-state index contributed by atoms with van der Waals surface area (Å²) in [7, 11) is 0. The van der Waals surface area contributed by atoms with Gasteiger partial charge in [-0.25, -0.2) is 4.39 Å². The van der Waals surface area contributed by atoms with Crippen LogP contribution in [0.1, 0.15) is 5.56 Å². The molecule has 0 spiro atoms. The van der Waals surface area contributed by atoms with Crippen LogP contribution in [0.25, 0.3) is 11.1 Å². The van der Waals surface area contributed by atoms with E-state index in [0.717, 1.165) is 5.56 Å². The SMILES string of the molecule is N#Cc1cc(O[C@H]2[CH]C(C(N)=O)OC2)ccc1-c1ccc(F)cc1. The van der Waals surface area contributed by atoms with Gasteiger partial charge in [0.2, 0.25) is 5.91 Å². The number of nitrogens with zero attached hydrogens (tertiary/aromatic N) is 1. The van der Waals surface area contributed by atoms with Crippen molar-refractivity contribution in [1.29, 1.82) is 5.26 Å². The lowest BCUT2D eigenvalue weighted by molar-refractivity contribution is -0.125. The zero-order valence-electron chi connectivity index (χ0n) is 12.6. The molecule has 2 aromatic carbocycles. The molecular weight excluding hydrogens is 311 g/mol. The first kappa shape index (κ1) is 16.0. The number of halogens is 1. The Bertz CT molecular complexity index is 799. The Morgan fingerprint density at radius 2 is 2.04 bits per heavy atom. The number of rotatable bonds is 4. The minimum Gasteiger partial charge on any atom is -0.488 e. The molecule has 2 N–H and O–H groups in total. The van der Waals surface area contributed by atoms with E-state index in [1.165, 1.54) is 12.1 Å². The van der Waals surface area contributed by atoms with E-state index in [2.05, 4.69) is 6.07 Å². The van der Waals surface area contributed by atoms with Crippen molar-refractivity contribution in [3.8, 4) is 22.9 Å². The molecule has 2 atom stereocenters. The predicted molar refractivity (Wildman–Crippen MR) is 84.2 cm³/mol. The normalized spacial score (nSPS) is 19.7. The molecule has 24 heavy (non-hydrogen) atoms. The summed E-state index contributed by atoms with van der Waals surface area (Å²) in [5, 5.41) is 9.36. The second-order valence-electron chi connectivity index (χ2n) is 5.33. The highest BCUT2D eigenvalue weighted by atomic mass is 19.1. The number of hydrogen-bond donors (Lipinski definition) is 1. The lowest BCUT2D eigenvalue weighted by Gasteiger charge is -2.13. The highest BCUT2D eigenvalue weighted by Crippen LogP contribution is 2.28. The summed E-state index contributed by atoms with van der Waals surface area (Å²) in [4.78, 5) is 11.1. The van der Waals surface area contributed by atoms with Crippen LogP contribution in [0.5, 0.6) is 5.75 Å². The largest absolute Gasteiger partial charge is 0.488 e. The summed E-state index contributed by atoms with van der Waals surface area (Å²) in [6.07, 6.45) is 0.414. The van der Waals surface area contributed by atoms with Gasteiger partial charge in [0.05, 0.1) is 18.2 Å². The van der Waals surface area contributed by atoms with Gasteiger partial charge < -0.3 is 15.2 Å². The number of nitriles is 1. The van der Waals surface area contributed by atoms with E-state index in [0.29, 0.717) is 16.9 Å². The summed E-state index contributed by atoms with van der Waals surface area (Å²) >= 11 is 0. The molecule has 0 aromatic heterocycles. The molecule has 5 nitrogen and oxygen atoms in total. The monoisotopic (exact) mass is 325 g/mol. The van der Waals surface area contributed by atoms with Gasteiger partial charge in [0.25, 0.3) is 0 Å². The van der Waals surface area contributed by atoms with Crippen LogP contribution in [-0.2, 0) is 9.53 Å². The second kappa shape index (κ2) is 6.69. The van der Waals surface area contributed by atoms with Crippen molar-refractivity contribution < 1.29 is 18.7 Å². The Morgan fingerprint density at radius 1 is 1.29 bits per heavy atom. The van der Waals surface area contributed by atoms with Gasteiger partial charge in [0.15, 0.2) is 0 Å². The molecule has 1 saturated heterocycles. The average molecular weight is 325 g/mol. The highest BCUT2D eigenvalue weighted by Gasteiger charge is 2.31. The molecule has 1 unspecified atom stereocenters. The standard InChI is InChI=1S/C18H14FN2O3/c19-13-3-1-11(2-4-13)16-6-5-14(7-12(16)9-20)24-15-8-17(18(21)22)23-10-15/h1-8,15,17H,10H2,(H2,21,22)/t15-,17?/m0/s1. The van der Waals surface area contributed by atoms with Crippen molar-refractivity contribution in [2.24, 2.45) is 5.73 Å². The first-order valence-corrected chi connectivity index (χ1v) is 7.29. The van der Waals surface area contributed by atoms with Gasteiger partial charge in [0, 0.05) is 6.42 Å². The van der Waals surface area contributed by atoms with Gasteiger partial charge >= 0.3 is 0 Å². The molecule has 1 heterocycles. The average Bonchev–Trinajstić information content (AvgIpc) is 3.04. The third kappa shape index (κ3) is 3.36. The van der Waals surface area contributed by atoms with E-state index in [9.17, 15) is 14.4 Å². The van der Waals surface area contributed by atoms with Gasteiger partial charge in [-0.3, -0.25) is 4.79 Å². The van der Waals surface area contributed by atoms with Gasteiger partial charge in [-0.05, 0) is 41.5 Å². The summed E-state index contributed by atoms with van der Waals surface area (Å²) < 4.78 is 23.9. The van der Waals surface area contributed by atoms with E-state index >= 15 is 0 Å². The van der Waals surface area contributed by atoms with Crippen molar-refractivity contribution >= 4 is 5.91 Å². The van der Waals surface area contributed by atoms with Crippen molar-refractivity contribution in [3.05, 3.63) is 60.3 Å². The Hall–Kier alpha value is -2.91. The fourth-order valence-electron chi connectivity index (χ4n) is 2.50. The molecule has 1 aliphatic heterocycles. The predicted octanol–water partition coefficient (Wildman–Crippen LogP) is 2.20. The van der Waals surface area contributed by atoms with Crippen LogP contribution in [0.2, 0.25) is 0 Å². The maximum absolute atomic E-state index is 13.0. The van der Waals surface area contributed by atoms with E-state index in [1.807, 2.05) is 0 Å². The van der Waals surface area contributed by atoms with E-state index in [1.54, 1.807) is 36.8 Å². The van der Waals surface area contributed by atoms with Gasteiger partial charge in [-0.2, -0.15) is 5.26 Å². The number of carbonyl (C=O) groups excluding carboxylic acids is 1. The number of primary amides is 1. The third-order valence-electron chi connectivity index (χ3n) is 3.66. The zero-order chi connectivity index (χ0) is 17.1. The molecule has 1 radical (unpaired) electrons. The maximum atomic E-state index is 13.0. The summed E-state index contributed by atoms with van der Waals surface area (Å²) in [6.45, 7) is 0.217. The molecule has 3 rings (SSSR count). The lowest BCUT2D eigenvalue weighted by Crippen LogP contribution is -2.28. The molecule has 1 amide bonds. The maximum Gasteiger partial charge on any atom is 0.247 e. The Labute approximate surface area is 138 Å². The fourth-order valence-corrected chi connectivity index (χ4v) is 2.50. The quantitative estimate of drug-likeness (QED) is 0.934. The highest BCUT2D eigenvalue weighted by molar-refractivity contribution is 5.80. The van der Waals surface area contributed by atoms with Crippen molar-refractivity contribution in [1.82, 2.24) is 0 Å². The van der Waals surface area contributed by atoms with Gasteiger partial charge in [0.1, 0.15) is 23.8 Å². The topological polar surface area (TPSA) is 85.3 Å². The van der Waals surface area contributed by atoms with Gasteiger partial charge in [-0.15, -0.1) is 0 Å². The molecule has 0 aliphatic carbocycles. The molecule has 1 fully saturated rings. The number of ether oxygens (including phenoxy) is 2. The lowest BCUT2D eigenvalue weighted by atomic mass is 10.00. The smallest absolute Gasteiger partial charge is 0.247 e. The first-order valence-electron chi connectivity index (χ1n) is 7.29. The number of nitrogens with two attached hydrogens (primary N) is 1. The van der Waals surface area contributed by atoms with E-state index < -0.39 is 18.1 Å². The number of hydrogen-bond acceptors (Lipinski definition) is 4. The van der Waals surface area contributed by atoms with Crippen LogP contribution in [-0.4, -0.2) is 24.7 Å². The van der Waals surface area contributed by atoms with Crippen LogP contribution in [0.4, 0.5) is 4.39 Å². The fraction of sp³-hybridized carbons (Fsp3) is 0.167. The van der Waals surface area contributed by atoms with Crippen LogP contribution >= 0.6 is 0 Å². The molecule has 2 aromatic rings. The summed E-state index contributed by atoms with van der Waals surface area (Å²) in [6, 6.07) is 13.1. The first-order chi connectivity index (χ1) is 11.6. The number of carbonyl (C=O) groups is 1. The van der Waals surface area contributed by atoms with Crippen molar-refractivity contribution in [3.63, 3.8) is 0 Å². The number of amides is 1. The molecule has 0 saturated carbocycles. The molecular formula is C18H14FN2O3.